The molecule has 3 N–H and O–H groups in total. The minimum absolute atomic E-state index is 0.550. The third kappa shape index (κ3) is 2.71. The van der Waals surface area contributed by atoms with Gasteiger partial charge in [0.05, 0.1) is 11.9 Å². The smallest absolute Gasteiger partial charge is 0.126 e. The Balaban J connectivity index is 2.07. The molecule has 17 heavy (non-hydrogen) atoms. The van der Waals surface area contributed by atoms with Crippen molar-refractivity contribution < 1.29 is 0 Å². The lowest BCUT2D eigenvalue weighted by atomic mass is 9.78. The molecule has 0 spiro atoms. The Bertz CT molecular complexity index is 389. The molecule has 0 aromatic carbocycles. The minimum atomic E-state index is 0.550. The highest BCUT2D eigenvalue weighted by Crippen LogP contribution is 2.31. The van der Waals surface area contributed by atoms with Crippen molar-refractivity contribution in [2.75, 3.05) is 11.1 Å². The van der Waals surface area contributed by atoms with Crippen LogP contribution in [0.4, 0.5) is 11.5 Å². The Morgan fingerprint density at radius 3 is 2.82 bits per heavy atom. The molecule has 0 saturated heterocycles. The summed E-state index contributed by atoms with van der Waals surface area (Å²) in [4.78, 5) is 4.36. The molecule has 3 heteroatoms. The van der Waals surface area contributed by atoms with E-state index in [0.29, 0.717) is 12.0 Å². The highest BCUT2D eigenvalue weighted by atomic mass is 15.0. The van der Waals surface area contributed by atoms with Crippen LogP contribution >= 0.6 is 0 Å². The highest BCUT2D eigenvalue weighted by Gasteiger charge is 2.27. The van der Waals surface area contributed by atoms with E-state index in [-0.39, 0.29) is 0 Å². The van der Waals surface area contributed by atoms with Gasteiger partial charge in [-0.15, -0.1) is 0 Å². The number of hydrogen-bond donors (Lipinski definition) is 2. The third-order valence-corrected chi connectivity index (χ3v) is 4.19. The number of nitrogen functional groups attached to an aromatic ring is 1. The van der Waals surface area contributed by atoms with Crippen molar-refractivity contribution in [3.8, 4) is 0 Å². The second kappa shape index (κ2) is 4.94. The Hall–Kier alpha value is -1.25. The first kappa shape index (κ1) is 12.2. The Kier molecular flexibility index (Phi) is 3.55. The summed E-state index contributed by atoms with van der Waals surface area (Å²) in [5.74, 6) is 2.47. The maximum absolute atomic E-state index is 5.78. The molecule has 3 unspecified atom stereocenters. The SMILES string of the molecule is Cc1cc(NC2CCCC(C)C2C)ncc1N. The molecule has 1 aliphatic rings. The second-order valence-electron chi connectivity index (χ2n) is 5.44. The molecule has 1 fully saturated rings. The van der Waals surface area contributed by atoms with Crippen molar-refractivity contribution in [3.05, 3.63) is 17.8 Å². The van der Waals surface area contributed by atoms with Crippen LogP contribution in [-0.2, 0) is 0 Å². The van der Waals surface area contributed by atoms with E-state index in [4.69, 9.17) is 5.73 Å². The first-order valence-corrected chi connectivity index (χ1v) is 6.56. The van der Waals surface area contributed by atoms with Crippen LogP contribution in [0.5, 0.6) is 0 Å². The number of pyridine rings is 1. The zero-order valence-corrected chi connectivity index (χ0v) is 11.0. The summed E-state index contributed by atoms with van der Waals surface area (Å²) >= 11 is 0. The summed E-state index contributed by atoms with van der Waals surface area (Å²) < 4.78 is 0. The van der Waals surface area contributed by atoms with Crippen LogP contribution in [0.15, 0.2) is 12.3 Å². The summed E-state index contributed by atoms with van der Waals surface area (Å²) in [5, 5.41) is 3.56. The average Bonchev–Trinajstić information content (AvgIpc) is 2.30. The van der Waals surface area contributed by atoms with E-state index in [9.17, 15) is 0 Å². The third-order valence-electron chi connectivity index (χ3n) is 4.19. The van der Waals surface area contributed by atoms with Gasteiger partial charge in [0.1, 0.15) is 5.82 Å². The summed E-state index contributed by atoms with van der Waals surface area (Å²) in [6.45, 7) is 6.71. The van der Waals surface area contributed by atoms with Gasteiger partial charge >= 0.3 is 0 Å². The fourth-order valence-corrected chi connectivity index (χ4v) is 2.62. The van der Waals surface area contributed by atoms with Crippen molar-refractivity contribution in [2.24, 2.45) is 11.8 Å². The van der Waals surface area contributed by atoms with Crippen molar-refractivity contribution in [2.45, 2.75) is 46.1 Å². The molecule has 0 aliphatic heterocycles. The lowest BCUT2D eigenvalue weighted by Gasteiger charge is -2.35. The van der Waals surface area contributed by atoms with Crippen LogP contribution in [0.3, 0.4) is 0 Å². The predicted molar refractivity (Wildman–Crippen MR) is 73.0 cm³/mol. The lowest BCUT2D eigenvalue weighted by Crippen LogP contribution is -2.35. The van der Waals surface area contributed by atoms with Gasteiger partial charge in [0.25, 0.3) is 0 Å². The molecule has 1 aliphatic carbocycles. The predicted octanol–water partition coefficient (Wildman–Crippen LogP) is 3.21. The molecule has 1 saturated carbocycles. The van der Waals surface area contributed by atoms with Crippen LogP contribution in [0, 0.1) is 18.8 Å². The zero-order chi connectivity index (χ0) is 12.4. The average molecular weight is 233 g/mol. The molecule has 1 heterocycles. The second-order valence-corrected chi connectivity index (χ2v) is 5.44. The van der Waals surface area contributed by atoms with Crippen LogP contribution in [0.25, 0.3) is 0 Å². The van der Waals surface area contributed by atoms with Crippen molar-refractivity contribution in [3.63, 3.8) is 0 Å². The first-order chi connectivity index (χ1) is 8.08. The molecule has 94 valence electrons. The molecule has 0 radical (unpaired) electrons. The Labute approximate surface area is 104 Å². The molecule has 0 bridgehead atoms. The summed E-state index contributed by atoms with van der Waals surface area (Å²) in [6, 6.07) is 2.59. The van der Waals surface area contributed by atoms with Gasteiger partial charge in [-0.2, -0.15) is 0 Å². The van der Waals surface area contributed by atoms with E-state index < -0.39 is 0 Å². The maximum atomic E-state index is 5.78. The number of nitrogens with one attached hydrogen (secondary N) is 1. The zero-order valence-electron chi connectivity index (χ0n) is 11.0. The molecule has 1 aromatic rings. The van der Waals surface area contributed by atoms with Crippen LogP contribution in [0.2, 0.25) is 0 Å². The van der Waals surface area contributed by atoms with E-state index in [0.717, 1.165) is 23.0 Å². The van der Waals surface area contributed by atoms with E-state index in [1.54, 1.807) is 6.20 Å². The normalized spacial score (nSPS) is 29.0. The minimum Gasteiger partial charge on any atom is -0.397 e. The lowest BCUT2D eigenvalue weighted by molar-refractivity contribution is 0.253. The number of nitrogens with zero attached hydrogens (tertiary/aromatic N) is 1. The van der Waals surface area contributed by atoms with E-state index in [2.05, 4.69) is 24.1 Å². The van der Waals surface area contributed by atoms with E-state index >= 15 is 0 Å². The Morgan fingerprint density at radius 2 is 2.12 bits per heavy atom. The molecule has 3 atom stereocenters. The largest absolute Gasteiger partial charge is 0.397 e. The number of anilines is 2. The molecular formula is C14H23N3. The molecule has 2 rings (SSSR count). The topological polar surface area (TPSA) is 50.9 Å². The maximum Gasteiger partial charge on any atom is 0.126 e. The fourth-order valence-electron chi connectivity index (χ4n) is 2.62. The highest BCUT2D eigenvalue weighted by molar-refractivity contribution is 5.51. The van der Waals surface area contributed by atoms with Gasteiger partial charge in [0.15, 0.2) is 0 Å². The van der Waals surface area contributed by atoms with Crippen LogP contribution in [-0.4, -0.2) is 11.0 Å². The van der Waals surface area contributed by atoms with Gasteiger partial charge in [-0.25, -0.2) is 4.98 Å². The summed E-state index contributed by atoms with van der Waals surface area (Å²) in [7, 11) is 0. The van der Waals surface area contributed by atoms with Crippen molar-refractivity contribution in [1.82, 2.24) is 4.98 Å². The van der Waals surface area contributed by atoms with Crippen LogP contribution < -0.4 is 11.1 Å². The van der Waals surface area contributed by atoms with Gasteiger partial charge in [-0.3, -0.25) is 0 Å². The van der Waals surface area contributed by atoms with Crippen LogP contribution in [0.1, 0.15) is 38.7 Å². The number of hydrogen-bond acceptors (Lipinski definition) is 3. The standard InChI is InChI=1S/C14H23N3/c1-9-5-4-6-13(11(9)3)17-14-7-10(2)12(15)8-16-14/h7-9,11,13H,4-6,15H2,1-3H3,(H,16,17). The van der Waals surface area contributed by atoms with Gasteiger partial charge in [0, 0.05) is 6.04 Å². The fraction of sp³-hybridized carbons (Fsp3) is 0.643. The Morgan fingerprint density at radius 1 is 1.35 bits per heavy atom. The van der Waals surface area contributed by atoms with Gasteiger partial charge in [0.2, 0.25) is 0 Å². The van der Waals surface area contributed by atoms with Gasteiger partial charge < -0.3 is 11.1 Å². The molecule has 0 amide bonds. The number of rotatable bonds is 2. The van der Waals surface area contributed by atoms with E-state index in [1.165, 1.54) is 19.3 Å². The summed E-state index contributed by atoms with van der Waals surface area (Å²) in [6.07, 6.45) is 5.66. The number of aromatic nitrogens is 1. The molecule has 1 aromatic heterocycles. The van der Waals surface area contributed by atoms with E-state index in [1.807, 2.05) is 13.0 Å². The monoisotopic (exact) mass is 233 g/mol. The van der Waals surface area contributed by atoms with Gasteiger partial charge in [-0.05, 0) is 36.8 Å². The molecular weight excluding hydrogens is 210 g/mol. The van der Waals surface area contributed by atoms with Gasteiger partial charge in [-0.1, -0.05) is 26.7 Å². The number of nitrogens with two attached hydrogens (primary N) is 1. The molecule has 3 nitrogen and oxygen atoms in total. The first-order valence-electron chi connectivity index (χ1n) is 6.56. The number of aryl methyl sites for hydroxylation is 1. The quantitative estimate of drug-likeness (QED) is 0.824. The van der Waals surface area contributed by atoms with Crippen molar-refractivity contribution in [1.29, 1.82) is 0 Å². The summed E-state index contributed by atoms with van der Waals surface area (Å²) in [5.41, 5.74) is 7.64. The van der Waals surface area contributed by atoms with Crippen molar-refractivity contribution >= 4 is 11.5 Å².